The molecule has 0 aromatic heterocycles. The van der Waals surface area contributed by atoms with E-state index in [0.29, 0.717) is 6.61 Å². The van der Waals surface area contributed by atoms with Crippen LogP contribution in [0.15, 0.2) is 11.1 Å². The average molecular weight is 286 g/mol. The standard InChI is InChI=1S/C15H30O3Si/c1-12(10-18-19(6,7)15(2,3)4)13-8-9-14(16-5)17-11-13/h14H,8-11H2,1-7H3/b13-12-. The molecule has 0 bridgehead atoms. The third-order valence-electron chi connectivity index (χ3n) is 4.45. The lowest BCUT2D eigenvalue weighted by atomic mass is 10.0. The summed E-state index contributed by atoms with van der Waals surface area (Å²) in [6.07, 6.45) is 1.98. The van der Waals surface area contributed by atoms with Gasteiger partial charge in [-0.15, -0.1) is 0 Å². The molecule has 112 valence electrons. The lowest BCUT2D eigenvalue weighted by molar-refractivity contribution is -0.132. The summed E-state index contributed by atoms with van der Waals surface area (Å²) in [5.41, 5.74) is 2.71. The second kappa shape index (κ2) is 6.53. The van der Waals surface area contributed by atoms with Crippen LogP contribution in [0.1, 0.15) is 40.5 Å². The third kappa shape index (κ3) is 4.70. The molecule has 0 N–H and O–H groups in total. The summed E-state index contributed by atoms with van der Waals surface area (Å²) in [5.74, 6) is 0. The van der Waals surface area contributed by atoms with Crippen LogP contribution in [0.3, 0.4) is 0 Å². The molecule has 0 aromatic rings. The first-order chi connectivity index (χ1) is 8.67. The minimum absolute atomic E-state index is 0.0298. The van der Waals surface area contributed by atoms with Crippen LogP contribution in [-0.4, -0.2) is 34.9 Å². The predicted octanol–water partition coefficient (Wildman–Crippen LogP) is 4.11. The van der Waals surface area contributed by atoms with Crippen molar-refractivity contribution < 1.29 is 13.9 Å². The van der Waals surface area contributed by atoms with Crippen molar-refractivity contribution in [3.05, 3.63) is 11.1 Å². The lowest BCUT2D eigenvalue weighted by Crippen LogP contribution is -2.41. The van der Waals surface area contributed by atoms with Crippen LogP contribution in [0.4, 0.5) is 0 Å². The predicted molar refractivity (Wildman–Crippen MR) is 81.8 cm³/mol. The van der Waals surface area contributed by atoms with Gasteiger partial charge in [-0.25, -0.2) is 0 Å². The van der Waals surface area contributed by atoms with Gasteiger partial charge in [0.25, 0.3) is 0 Å². The number of rotatable bonds is 4. The van der Waals surface area contributed by atoms with Crippen molar-refractivity contribution >= 4 is 8.32 Å². The molecule has 1 aliphatic heterocycles. The van der Waals surface area contributed by atoms with Gasteiger partial charge in [-0.1, -0.05) is 20.8 Å². The fourth-order valence-corrected chi connectivity index (χ4v) is 2.78. The van der Waals surface area contributed by atoms with Gasteiger partial charge in [-0.3, -0.25) is 0 Å². The number of hydrogen-bond donors (Lipinski definition) is 0. The maximum atomic E-state index is 6.26. The van der Waals surface area contributed by atoms with Crippen molar-refractivity contribution in [2.24, 2.45) is 0 Å². The van der Waals surface area contributed by atoms with Crippen LogP contribution in [0.2, 0.25) is 18.1 Å². The third-order valence-corrected chi connectivity index (χ3v) is 8.93. The summed E-state index contributed by atoms with van der Waals surface area (Å²) in [4.78, 5) is 0. The zero-order chi connectivity index (χ0) is 14.7. The van der Waals surface area contributed by atoms with Crippen LogP contribution >= 0.6 is 0 Å². The van der Waals surface area contributed by atoms with Crippen molar-refractivity contribution in [2.45, 2.75) is 65.0 Å². The first-order valence-corrected chi connectivity index (χ1v) is 10.0. The first-order valence-electron chi connectivity index (χ1n) is 7.13. The van der Waals surface area contributed by atoms with Crippen molar-refractivity contribution in [3.8, 4) is 0 Å². The fourth-order valence-electron chi connectivity index (χ4n) is 1.77. The van der Waals surface area contributed by atoms with Crippen molar-refractivity contribution in [3.63, 3.8) is 0 Å². The van der Waals surface area contributed by atoms with E-state index < -0.39 is 8.32 Å². The summed E-state index contributed by atoms with van der Waals surface area (Å²) in [6.45, 7) is 15.0. The fraction of sp³-hybridized carbons (Fsp3) is 0.867. The van der Waals surface area contributed by atoms with Crippen LogP contribution in [-0.2, 0) is 13.9 Å². The Kier molecular flexibility index (Phi) is 5.80. The Morgan fingerprint density at radius 3 is 2.42 bits per heavy atom. The molecule has 1 saturated heterocycles. The molecule has 0 spiro atoms. The number of ether oxygens (including phenoxy) is 2. The summed E-state index contributed by atoms with van der Waals surface area (Å²) >= 11 is 0. The average Bonchev–Trinajstić information content (AvgIpc) is 2.35. The summed E-state index contributed by atoms with van der Waals surface area (Å²) in [7, 11) is 0.0499. The van der Waals surface area contributed by atoms with Gasteiger partial charge in [0.2, 0.25) is 0 Å². The molecule has 0 radical (unpaired) electrons. The molecule has 4 heteroatoms. The van der Waals surface area contributed by atoms with Gasteiger partial charge >= 0.3 is 0 Å². The van der Waals surface area contributed by atoms with E-state index in [9.17, 15) is 0 Å². The maximum Gasteiger partial charge on any atom is 0.192 e. The van der Waals surface area contributed by atoms with Crippen molar-refractivity contribution in [1.82, 2.24) is 0 Å². The quantitative estimate of drug-likeness (QED) is 0.575. The molecule has 0 aromatic carbocycles. The topological polar surface area (TPSA) is 27.7 Å². The van der Waals surface area contributed by atoms with E-state index in [2.05, 4.69) is 40.8 Å². The molecule has 0 saturated carbocycles. The highest BCUT2D eigenvalue weighted by Crippen LogP contribution is 2.37. The van der Waals surface area contributed by atoms with E-state index in [1.807, 2.05) is 0 Å². The summed E-state index contributed by atoms with van der Waals surface area (Å²) < 4.78 is 17.1. The molecule has 1 rings (SSSR count). The Balaban J connectivity index is 2.54. The van der Waals surface area contributed by atoms with Crippen LogP contribution in [0, 0.1) is 0 Å². The van der Waals surface area contributed by atoms with E-state index in [1.165, 1.54) is 11.1 Å². The van der Waals surface area contributed by atoms with Gasteiger partial charge in [-0.05, 0) is 42.6 Å². The summed E-state index contributed by atoms with van der Waals surface area (Å²) in [5, 5.41) is 0.266. The van der Waals surface area contributed by atoms with E-state index in [-0.39, 0.29) is 11.3 Å². The van der Waals surface area contributed by atoms with Gasteiger partial charge in [0, 0.05) is 13.5 Å². The minimum Gasteiger partial charge on any atom is -0.413 e. The lowest BCUT2D eigenvalue weighted by Gasteiger charge is -2.36. The van der Waals surface area contributed by atoms with E-state index in [0.717, 1.165) is 19.4 Å². The Labute approximate surface area is 119 Å². The van der Waals surface area contributed by atoms with E-state index >= 15 is 0 Å². The minimum atomic E-state index is -1.65. The number of hydrogen-bond acceptors (Lipinski definition) is 3. The maximum absolute atomic E-state index is 6.26. The molecule has 1 fully saturated rings. The Morgan fingerprint density at radius 2 is 2.00 bits per heavy atom. The zero-order valence-corrected chi connectivity index (χ0v) is 14.6. The van der Waals surface area contributed by atoms with Gasteiger partial charge in [0.15, 0.2) is 14.6 Å². The molecule has 0 aliphatic carbocycles. The van der Waals surface area contributed by atoms with E-state index in [4.69, 9.17) is 13.9 Å². The van der Waals surface area contributed by atoms with Gasteiger partial charge in [0.1, 0.15) is 0 Å². The van der Waals surface area contributed by atoms with Gasteiger partial charge in [-0.2, -0.15) is 0 Å². The zero-order valence-electron chi connectivity index (χ0n) is 13.6. The highest BCUT2D eigenvalue weighted by Gasteiger charge is 2.37. The molecule has 1 aliphatic rings. The highest BCUT2D eigenvalue weighted by atomic mass is 28.4. The molecular formula is C15H30O3Si. The van der Waals surface area contributed by atoms with Gasteiger partial charge < -0.3 is 13.9 Å². The molecule has 3 nitrogen and oxygen atoms in total. The second-order valence-corrected chi connectivity index (χ2v) is 11.8. The summed E-state index contributed by atoms with van der Waals surface area (Å²) in [6, 6.07) is 0. The van der Waals surface area contributed by atoms with Crippen LogP contribution in [0.25, 0.3) is 0 Å². The SMILES string of the molecule is COC1CC/C(=C(\C)CO[Si](C)(C)C(C)(C)C)CO1. The Hall–Kier alpha value is -0.163. The smallest absolute Gasteiger partial charge is 0.192 e. The normalized spacial score (nSPS) is 24.5. The van der Waals surface area contributed by atoms with E-state index in [1.54, 1.807) is 7.11 Å². The molecule has 19 heavy (non-hydrogen) atoms. The van der Waals surface area contributed by atoms with Crippen LogP contribution < -0.4 is 0 Å². The van der Waals surface area contributed by atoms with Crippen molar-refractivity contribution in [1.29, 1.82) is 0 Å². The van der Waals surface area contributed by atoms with Crippen LogP contribution in [0.5, 0.6) is 0 Å². The Morgan fingerprint density at radius 1 is 1.37 bits per heavy atom. The Bertz CT molecular complexity index is 319. The highest BCUT2D eigenvalue weighted by molar-refractivity contribution is 6.74. The molecule has 1 atom stereocenters. The second-order valence-electron chi connectivity index (χ2n) is 6.95. The molecule has 0 amide bonds. The first kappa shape index (κ1) is 16.9. The monoisotopic (exact) mass is 286 g/mol. The van der Waals surface area contributed by atoms with Gasteiger partial charge in [0.05, 0.1) is 13.2 Å². The number of methoxy groups -OCH3 is 1. The largest absolute Gasteiger partial charge is 0.413 e. The molecular weight excluding hydrogens is 256 g/mol. The molecule has 1 heterocycles. The van der Waals surface area contributed by atoms with Crippen molar-refractivity contribution in [2.75, 3.05) is 20.3 Å². The molecule has 1 unspecified atom stereocenters.